The van der Waals surface area contributed by atoms with E-state index in [1.807, 2.05) is 16.2 Å². The van der Waals surface area contributed by atoms with E-state index in [0.29, 0.717) is 91.4 Å². The highest BCUT2D eigenvalue weighted by molar-refractivity contribution is 7.16. The fourth-order valence-electron chi connectivity index (χ4n) is 5.39. The number of rotatable bonds is 8. The van der Waals surface area contributed by atoms with Gasteiger partial charge in [-0.2, -0.15) is 5.26 Å². The maximum atomic E-state index is 15.3. The van der Waals surface area contributed by atoms with E-state index in [9.17, 15) is 19.6 Å². The number of piperazine rings is 1. The molecule has 3 aromatic heterocycles. The minimum atomic E-state index is -0.421. The fourth-order valence-corrected chi connectivity index (χ4v) is 6.17. The van der Waals surface area contributed by atoms with Crippen molar-refractivity contribution >= 4 is 33.7 Å². The van der Waals surface area contributed by atoms with E-state index >= 15 is 4.39 Å². The number of likely N-dealkylation sites (tertiary alicyclic amines) is 1. The van der Waals surface area contributed by atoms with Gasteiger partial charge in [-0.1, -0.05) is 18.3 Å². The largest absolute Gasteiger partial charge is 0.389 e. The Labute approximate surface area is 245 Å². The van der Waals surface area contributed by atoms with Crippen LogP contribution in [0.25, 0.3) is 16.9 Å². The van der Waals surface area contributed by atoms with E-state index in [2.05, 4.69) is 26.3 Å². The van der Waals surface area contributed by atoms with E-state index in [4.69, 9.17) is 0 Å². The van der Waals surface area contributed by atoms with Crippen molar-refractivity contribution < 1.29 is 18.7 Å². The maximum Gasteiger partial charge on any atom is 0.236 e. The third-order valence-corrected chi connectivity index (χ3v) is 8.67. The first-order valence-electron chi connectivity index (χ1n) is 13.9. The molecule has 218 valence electrons. The van der Waals surface area contributed by atoms with Crippen molar-refractivity contribution in [2.45, 2.75) is 26.0 Å². The molecule has 0 atom stereocenters. The molecule has 2 fully saturated rings. The van der Waals surface area contributed by atoms with Crippen LogP contribution in [0.4, 0.5) is 19.6 Å². The Hall–Kier alpha value is -4.12. The molecule has 2 aliphatic heterocycles. The number of carbonyl (C=O) groups excluding carboxylic acids is 1. The highest BCUT2D eigenvalue weighted by Crippen LogP contribution is 2.31. The number of β-amino-alcohol motifs (C(OH)–C–C–N with tert-alkyl or cyclic N) is 1. The summed E-state index contributed by atoms with van der Waals surface area (Å²) in [5.41, 5.74) is 3.83. The molecule has 42 heavy (non-hydrogen) atoms. The van der Waals surface area contributed by atoms with Crippen LogP contribution in [0.2, 0.25) is 0 Å². The predicted molar refractivity (Wildman–Crippen MR) is 155 cm³/mol. The molecule has 1 aromatic carbocycles. The molecule has 0 spiro atoms. The molecule has 2 aliphatic rings. The molecule has 2 N–H and O–H groups in total. The van der Waals surface area contributed by atoms with Crippen molar-refractivity contribution in [2.24, 2.45) is 0 Å². The van der Waals surface area contributed by atoms with Crippen LogP contribution in [0.15, 0.2) is 36.5 Å². The molecule has 5 heterocycles. The van der Waals surface area contributed by atoms with Crippen LogP contribution in [0.1, 0.15) is 23.2 Å². The van der Waals surface area contributed by atoms with Gasteiger partial charge in [0.05, 0.1) is 36.3 Å². The second-order valence-corrected chi connectivity index (χ2v) is 11.5. The van der Waals surface area contributed by atoms with Crippen molar-refractivity contribution in [3.8, 4) is 17.3 Å². The van der Waals surface area contributed by atoms with Gasteiger partial charge >= 0.3 is 0 Å². The number of nitrogens with zero attached hydrogens (tertiary/aromatic N) is 7. The third kappa shape index (κ3) is 5.53. The van der Waals surface area contributed by atoms with Gasteiger partial charge in [0.1, 0.15) is 28.1 Å². The number of aryl methyl sites for hydroxylation is 1. The Bertz CT molecular complexity index is 1650. The van der Waals surface area contributed by atoms with Crippen molar-refractivity contribution in [2.75, 3.05) is 56.0 Å². The lowest BCUT2D eigenvalue weighted by Gasteiger charge is -2.39. The van der Waals surface area contributed by atoms with E-state index in [-0.39, 0.29) is 17.5 Å². The van der Waals surface area contributed by atoms with Gasteiger partial charge in [0.25, 0.3) is 0 Å². The molecular weight excluding hydrogens is 562 g/mol. The summed E-state index contributed by atoms with van der Waals surface area (Å²) >= 11 is 1.22. The Kier molecular flexibility index (Phi) is 7.76. The molecular formula is C29H30F2N8O2S. The number of aliphatic hydroxyl groups is 1. The smallest absolute Gasteiger partial charge is 0.236 e. The van der Waals surface area contributed by atoms with Gasteiger partial charge in [0, 0.05) is 57.1 Å². The summed E-state index contributed by atoms with van der Waals surface area (Å²) in [7, 11) is 0. The quantitative estimate of drug-likeness (QED) is 0.321. The number of carbonyl (C=O) groups is 1. The van der Waals surface area contributed by atoms with Crippen LogP contribution < -0.4 is 10.2 Å². The number of amides is 1. The molecule has 0 aliphatic carbocycles. The summed E-state index contributed by atoms with van der Waals surface area (Å²) in [6.07, 6.45) is 2.01. The summed E-state index contributed by atoms with van der Waals surface area (Å²) in [5, 5.41) is 22.9. The minimum absolute atomic E-state index is 0.0101. The first-order chi connectivity index (χ1) is 20.3. The number of hydrogen-bond donors (Lipinski definition) is 2. The molecule has 13 heteroatoms. The SMILES string of the molecule is CCc1nc2cc(F)c(N3CCN(CC(=O)N4CC(O)C4)CC3)cn2c1CNc1nc(-c2ccc(F)cc2)c(C#N)s1. The summed E-state index contributed by atoms with van der Waals surface area (Å²) in [6, 6.07) is 9.50. The fraction of sp³-hybridized carbons (Fsp3) is 0.379. The molecule has 0 bridgehead atoms. The van der Waals surface area contributed by atoms with Gasteiger partial charge in [-0.25, -0.2) is 18.7 Å². The number of thiazole rings is 1. The Morgan fingerprint density at radius 1 is 1.17 bits per heavy atom. The number of anilines is 2. The second kappa shape index (κ2) is 11.6. The van der Waals surface area contributed by atoms with Crippen molar-refractivity contribution in [1.82, 2.24) is 24.2 Å². The molecule has 4 aromatic rings. The van der Waals surface area contributed by atoms with Gasteiger partial charge in [-0.3, -0.25) is 14.1 Å². The number of pyridine rings is 1. The molecule has 0 radical (unpaired) electrons. The number of halogens is 2. The molecule has 0 saturated carbocycles. The normalized spacial score (nSPS) is 16.1. The standard InChI is InChI=1S/C29H30F2N8O2S/c1-2-22-23(13-33-29-35-28(25(12-32)42-29)18-3-5-19(30)6-4-18)39-16-24(21(31)11-26(39)34-22)37-9-7-36(8-10-37)17-27(41)38-14-20(40)15-38/h3-6,11,16,20,40H,2,7-10,13-15,17H2,1H3,(H,33,35). The predicted octanol–water partition coefficient (Wildman–Crippen LogP) is 3.11. The third-order valence-electron chi connectivity index (χ3n) is 7.75. The van der Waals surface area contributed by atoms with Crippen LogP contribution in [0, 0.1) is 23.0 Å². The molecule has 6 rings (SSSR count). The summed E-state index contributed by atoms with van der Waals surface area (Å²) in [5.74, 6) is -0.700. The van der Waals surface area contributed by atoms with Crippen LogP contribution in [0.3, 0.4) is 0 Å². The topological polar surface area (TPSA) is 113 Å². The van der Waals surface area contributed by atoms with Crippen LogP contribution in [-0.4, -0.2) is 87.1 Å². The number of benzene rings is 1. The number of aromatic nitrogens is 3. The van der Waals surface area contributed by atoms with Gasteiger partial charge in [-0.05, 0) is 30.7 Å². The lowest BCUT2D eigenvalue weighted by atomic mass is 10.1. The second-order valence-electron chi connectivity index (χ2n) is 10.5. The van der Waals surface area contributed by atoms with Gasteiger partial charge in [-0.15, -0.1) is 0 Å². The maximum absolute atomic E-state index is 15.3. The summed E-state index contributed by atoms with van der Waals surface area (Å²) in [6.45, 7) is 5.83. The van der Waals surface area contributed by atoms with E-state index in [1.165, 1.54) is 29.5 Å². The highest BCUT2D eigenvalue weighted by atomic mass is 32.1. The Morgan fingerprint density at radius 3 is 2.57 bits per heavy atom. The highest BCUT2D eigenvalue weighted by Gasteiger charge is 2.30. The lowest BCUT2D eigenvalue weighted by molar-refractivity contribution is -0.142. The Morgan fingerprint density at radius 2 is 1.90 bits per heavy atom. The number of imidazole rings is 1. The first kappa shape index (κ1) is 28.0. The zero-order chi connectivity index (χ0) is 29.4. The number of aliphatic hydroxyl groups excluding tert-OH is 1. The number of fused-ring (bicyclic) bond motifs is 1. The number of nitriles is 1. The van der Waals surface area contributed by atoms with E-state index in [1.54, 1.807) is 23.2 Å². The monoisotopic (exact) mass is 592 g/mol. The average Bonchev–Trinajstić information content (AvgIpc) is 3.55. The average molecular weight is 593 g/mol. The molecule has 10 nitrogen and oxygen atoms in total. The van der Waals surface area contributed by atoms with Crippen LogP contribution in [0.5, 0.6) is 0 Å². The minimum Gasteiger partial charge on any atom is -0.389 e. The molecule has 2 saturated heterocycles. The van der Waals surface area contributed by atoms with Crippen LogP contribution >= 0.6 is 11.3 Å². The molecule has 1 amide bonds. The number of hydrogen-bond acceptors (Lipinski definition) is 9. The molecule has 0 unspecified atom stereocenters. The van der Waals surface area contributed by atoms with E-state index in [0.717, 1.165) is 11.4 Å². The lowest BCUT2D eigenvalue weighted by Crippen LogP contribution is -2.57. The summed E-state index contributed by atoms with van der Waals surface area (Å²) in [4.78, 5) is 27.8. The van der Waals surface area contributed by atoms with E-state index < -0.39 is 6.10 Å². The summed E-state index contributed by atoms with van der Waals surface area (Å²) < 4.78 is 30.6. The zero-order valence-electron chi connectivity index (χ0n) is 23.1. The van der Waals surface area contributed by atoms with Crippen molar-refractivity contribution in [3.05, 3.63) is 64.4 Å². The Balaban J connectivity index is 1.18. The van der Waals surface area contributed by atoms with Crippen LogP contribution in [-0.2, 0) is 17.8 Å². The van der Waals surface area contributed by atoms with Gasteiger partial charge in [0.2, 0.25) is 5.91 Å². The van der Waals surface area contributed by atoms with Crippen molar-refractivity contribution in [1.29, 1.82) is 5.26 Å². The van der Waals surface area contributed by atoms with Gasteiger partial charge in [0.15, 0.2) is 10.9 Å². The first-order valence-corrected chi connectivity index (χ1v) is 14.7. The van der Waals surface area contributed by atoms with Crippen molar-refractivity contribution in [3.63, 3.8) is 0 Å². The zero-order valence-corrected chi connectivity index (χ0v) is 23.9. The van der Waals surface area contributed by atoms with Gasteiger partial charge < -0.3 is 20.2 Å². The number of nitrogens with one attached hydrogen (secondary N) is 1.